The van der Waals surface area contributed by atoms with Crippen molar-refractivity contribution in [2.75, 3.05) is 32.3 Å². The molecule has 0 spiro atoms. The highest BCUT2D eigenvalue weighted by atomic mass is 19.1. The lowest BCUT2D eigenvalue weighted by Crippen LogP contribution is -2.59. The Labute approximate surface area is 213 Å². The largest absolute Gasteiger partial charge is 0.385 e. The zero-order chi connectivity index (χ0) is 26.7. The summed E-state index contributed by atoms with van der Waals surface area (Å²) in [5, 5.41) is 1.58. The first kappa shape index (κ1) is 28.3. The Hall–Kier alpha value is -2.32. The molecule has 0 aromatic heterocycles. The molecule has 4 atom stereocenters. The molecule has 1 N–H and O–H groups in total. The minimum absolute atomic E-state index is 0.0958. The van der Waals surface area contributed by atoms with Gasteiger partial charge in [0.05, 0.1) is 11.2 Å². The number of ether oxygens (including phenoxy) is 1. The summed E-state index contributed by atoms with van der Waals surface area (Å²) in [5.41, 5.74) is 0.964. The number of nitrogens with one attached hydrogen (secondary N) is 1. The molecule has 0 radical (unpaired) electrons. The molecular formula is C28H40F3N3O2. The van der Waals surface area contributed by atoms with Crippen molar-refractivity contribution in [3.8, 4) is 0 Å². The van der Waals surface area contributed by atoms with Gasteiger partial charge >= 0.3 is 0 Å². The molecule has 200 valence electrons. The van der Waals surface area contributed by atoms with Crippen LogP contribution in [0.1, 0.15) is 59.8 Å². The molecule has 8 heteroatoms. The lowest BCUT2D eigenvalue weighted by atomic mass is 9.67. The Morgan fingerprint density at radius 2 is 1.97 bits per heavy atom. The maximum Gasteiger partial charge on any atom is 0.249 e. The maximum absolute atomic E-state index is 15.2. The Morgan fingerprint density at radius 3 is 2.56 bits per heavy atom. The summed E-state index contributed by atoms with van der Waals surface area (Å²) in [6.45, 7) is 8.42. The van der Waals surface area contributed by atoms with Gasteiger partial charge in [-0.05, 0) is 57.4 Å². The van der Waals surface area contributed by atoms with E-state index in [1.807, 2.05) is 19.9 Å². The number of hydrogen-bond donors (Lipinski definition) is 1. The Kier molecular flexibility index (Phi) is 8.61. The average Bonchev–Trinajstić information content (AvgIpc) is 3.05. The highest BCUT2D eigenvalue weighted by Gasteiger charge is 2.62. The van der Waals surface area contributed by atoms with E-state index in [1.54, 1.807) is 36.2 Å². The molecular weight excluding hydrogens is 467 g/mol. The third kappa shape index (κ3) is 5.35. The summed E-state index contributed by atoms with van der Waals surface area (Å²) < 4.78 is 48.8. The van der Waals surface area contributed by atoms with E-state index >= 15 is 4.39 Å². The molecule has 4 unspecified atom stereocenters. The van der Waals surface area contributed by atoms with Crippen molar-refractivity contribution < 1.29 is 22.7 Å². The molecule has 1 aromatic carbocycles. The van der Waals surface area contributed by atoms with Crippen LogP contribution in [0.3, 0.4) is 0 Å². The first-order chi connectivity index (χ1) is 16.9. The van der Waals surface area contributed by atoms with Gasteiger partial charge in [0.25, 0.3) is 0 Å². The van der Waals surface area contributed by atoms with Gasteiger partial charge in [-0.1, -0.05) is 31.9 Å². The average molecular weight is 508 g/mol. The normalized spacial score (nSPS) is 30.0. The molecule has 1 aliphatic heterocycles. The van der Waals surface area contributed by atoms with Crippen LogP contribution in [0.2, 0.25) is 0 Å². The molecule has 2 aliphatic rings. The lowest BCUT2D eigenvalue weighted by molar-refractivity contribution is -0.137. The first-order valence-electron chi connectivity index (χ1n) is 12.8. The van der Waals surface area contributed by atoms with Crippen LogP contribution < -0.4 is 10.4 Å². The number of hydrazine groups is 1. The predicted molar refractivity (Wildman–Crippen MR) is 137 cm³/mol. The van der Waals surface area contributed by atoms with Gasteiger partial charge in [-0.2, -0.15) is 0 Å². The quantitative estimate of drug-likeness (QED) is 0.411. The number of nitrogens with zero attached hydrogens (tertiary/aromatic N) is 2. The van der Waals surface area contributed by atoms with Gasteiger partial charge in [-0.15, -0.1) is 0 Å². The molecule has 1 amide bonds. The third-order valence-electron chi connectivity index (χ3n) is 7.73. The fourth-order valence-corrected chi connectivity index (χ4v) is 5.63. The molecule has 36 heavy (non-hydrogen) atoms. The van der Waals surface area contributed by atoms with E-state index in [-0.39, 0.29) is 23.9 Å². The molecule has 3 rings (SSSR count). The van der Waals surface area contributed by atoms with Crippen molar-refractivity contribution in [1.82, 2.24) is 10.3 Å². The van der Waals surface area contributed by atoms with Crippen LogP contribution in [0.4, 0.5) is 18.9 Å². The number of carbonyl (C=O) groups is 1. The minimum atomic E-state index is -1.44. The summed E-state index contributed by atoms with van der Waals surface area (Å²) >= 11 is 0. The predicted octanol–water partition coefficient (Wildman–Crippen LogP) is 5.72. The number of alkyl halides is 1. The van der Waals surface area contributed by atoms with Crippen LogP contribution in [0.25, 0.3) is 0 Å². The molecule has 1 aromatic rings. The van der Waals surface area contributed by atoms with E-state index in [4.69, 9.17) is 4.74 Å². The molecule has 1 aliphatic carbocycles. The van der Waals surface area contributed by atoms with Crippen LogP contribution in [0.5, 0.6) is 0 Å². The number of rotatable bonds is 10. The maximum atomic E-state index is 15.2. The standard InChI is InChI=1S/C28H40F3N3O2/c1-7-8-10-24-27(3,20-13-15-26(2,31)16-14-20)32-34(23-12-11-21(29)19-22(23)30)28(24,4)25(35)33(5)17-9-18-36-6/h11-15,19,24,32H,7-10,16-18H2,1-6H3. The van der Waals surface area contributed by atoms with Crippen LogP contribution >= 0.6 is 0 Å². The number of likely N-dealkylation sites (N-methyl/N-ethyl adjacent to an activating group) is 1. The summed E-state index contributed by atoms with van der Waals surface area (Å²) in [7, 11) is 3.35. The van der Waals surface area contributed by atoms with Crippen LogP contribution in [-0.4, -0.2) is 54.9 Å². The van der Waals surface area contributed by atoms with Crippen LogP contribution in [0.15, 0.2) is 42.0 Å². The number of allylic oxidation sites excluding steroid dienone is 2. The van der Waals surface area contributed by atoms with Crippen molar-refractivity contribution in [2.24, 2.45) is 5.92 Å². The van der Waals surface area contributed by atoms with E-state index in [1.165, 1.54) is 19.1 Å². The van der Waals surface area contributed by atoms with E-state index in [9.17, 15) is 13.6 Å². The highest BCUT2D eigenvalue weighted by Crippen LogP contribution is 2.50. The van der Waals surface area contributed by atoms with Gasteiger partial charge in [0.15, 0.2) is 5.82 Å². The van der Waals surface area contributed by atoms with Crippen LogP contribution in [0, 0.1) is 17.6 Å². The van der Waals surface area contributed by atoms with Crippen molar-refractivity contribution >= 4 is 11.6 Å². The number of carbonyl (C=O) groups excluding carboxylic acids is 1. The summed E-state index contributed by atoms with van der Waals surface area (Å²) in [5.74, 6) is -1.90. The van der Waals surface area contributed by atoms with E-state index in [0.717, 1.165) is 24.5 Å². The Balaban J connectivity index is 2.15. The van der Waals surface area contributed by atoms with Gasteiger partial charge in [-0.25, -0.2) is 18.6 Å². The summed E-state index contributed by atoms with van der Waals surface area (Å²) in [6, 6.07) is 3.38. The number of unbranched alkanes of at least 4 members (excludes halogenated alkanes) is 1. The van der Waals surface area contributed by atoms with Gasteiger partial charge in [-0.3, -0.25) is 9.80 Å². The monoisotopic (exact) mass is 507 g/mol. The fraction of sp³-hybridized carbons (Fsp3) is 0.607. The number of amides is 1. The van der Waals surface area contributed by atoms with Crippen molar-refractivity contribution in [1.29, 1.82) is 0 Å². The van der Waals surface area contributed by atoms with Crippen molar-refractivity contribution in [3.05, 3.63) is 53.6 Å². The smallest absolute Gasteiger partial charge is 0.249 e. The zero-order valence-electron chi connectivity index (χ0n) is 22.3. The Morgan fingerprint density at radius 1 is 1.25 bits per heavy atom. The van der Waals surface area contributed by atoms with Crippen molar-refractivity contribution in [3.63, 3.8) is 0 Å². The molecule has 0 bridgehead atoms. The van der Waals surface area contributed by atoms with Gasteiger partial charge < -0.3 is 9.64 Å². The number of anilines is 1. The first-order valence-corrected chi connectivity index (χ1v) is 12.8. The van der Waals surface area contributed by atoms with E-state index < -0.39 is 28.4 Å². The molecule has 5 nitrogen and oxygen atoms in total. The van der Waals surface area contributed by atoms with E-state index in [0.29, 0.717) is 26.0 Å². The molecule has 1 fully saturated rings. The topological polar surface area (TPSA) is 44.8 Å². The Bertz CT molecular complexity index is 1010. The van der Waals surface area contributed by atoms with Crippen molar-refractivity contribution in [2.45, 2.75) is 76.5 Å². The lowest BCUT2D eigenvalue weighted by Gasteiger charge is -2.41. The SMILES string of the molecule is CCCCC1C(C)(C2=CCC(C)(F)C=C2)NN(c2ccc(F)cc2F)C1(C)C(=O)N(C)CCCOC. The third-order valence-corrected chi connectivity index (χ3v) is 7.73. The highest BCUT2D eigenvalue weighted by molar-refractivity contribution is 5.91. The van der Waals surface area contributed by atoms with Gasteiger partial charge in [0.1, 0.15) is 17.0 Å². The second-order valence-electron chi connectivity index (χ2n) is 10.6. The summed E-state index contributed by atoms with van der Waals surface area (Å²) in [6.07, 6.45) is 8.51. The zero-order valence-corrected chi connectivity index (χ0v) is 22.3. The minimum Gasteiger partial charge on any atom is -0.385 e. The van der Waals surface area contributed by atoms with Gasteiger partial charge in [0, 0.05) is 45.7 Å². The molecule has 1 saturated heterocycles. The number of methoxy groups -OCH3 is 1. The number of halogens is 3. The number of benzene rings is 1. The second kappa shape index (κ2) is 11.0. The molecule has 0 saturated carbocycles. The fourth-order valence-electron chi connectivity index (χ4n) is 5.63. The molecule has 1 heterocycles. The van der Waals surface area contributed by atoms with Gasteiger partial charge in [0.2, 0.25) is 5.91 Å². The van der Waals surface area contributed by atoms with E-state index in [2.05, 4.69) is 12.3 Å². The summed E-state index contributed by atoms with van der Waals surface area (Å²) in [4.78, 5) is 15.8. The number of hydrogen-bond acceptors (Lipinski definition) is 4. The second-order valence-corrected chi connectivity index (χ2v) is 10.6. The van der Waals surface area contributed by atoms with Crippen LogP contribution in [-0.2, 0) is 9.53 Å².